The maximum Gasteiger partial charge on any atom is 0.512 e. The van der Waals surface area contributed by atoms with Crippen LogP contribution in [0.2, 0.25) is 10.0 Å². The lowest BCUT2D eigenvalue weighted by atomic mass is 10.1. The molecule has 1 saturated carbocycles. The number of nitrogens with zero attached hydrogens (tertiary/aromatic N) is 1. The molecule has 2 aromatic carbocycles. The van der Waals surface area contributed by atoms with E-state index in [1.54, 1.807) is 6.07 Å². The molecule has 7 nitrogen and oxygen atoms in total. The number of carboxylic acid groups (broad SMARTS) is 2. The summed E-state index contributed by atoms with van der Waals surface area (Å²) in [4.78, 5) is 38.9. The highest BCUT2D eigenvalue weighted by Crippen LogP contribution is 2.46. The number of aliphatic carboxylic acids is 1. The summed E-state index contributed by atoms with van der Waals surface area (Å²) in [5, 5.41) is 19.3. The van der Waals surface area contributed by atoms with E-state index in [2.05, 4.69) is 0 Å². The molecule has 1 aliphatic rings. The molecule has 1 aromatic heterocycles. The summed E-state index contributed by atoms with van der Waals surface area (Å²) >= 11 is 13.4. The minimum absolute atomic E-state index is 0.0172. The third-order valence-corrected chi connectivity index (χ3v) is 7.28. The van der Waals surface area contributed by atoms with Crippen LogP contribution in [0.3, 0.4) is 0 Å². The van der Waals surface area contributed by atoms with Crippen molar-refractivity contribution in [3.05, 3.63) is 70.2 Å². The first-order valence-corrected chi connectivity index (χ1v) is 11.9. The number of amides is 1. The summed E-state index contributed by atoms with van der Waals surface area (Å²) in [5.74, 6) is -2.04. The van der Waals surface area contributed by atoms with Gasteiger partial charge in [-0.3, -0.25) is 9.59 Å². The Bertz CT molecular complexity index is 1250. The fourth-order valence-electron chi connectivity index (χ4n) is 4.11. The van der Waals surface area contributed by atoms with E-state index in [4.69, 9.17) is 27.9 Å². The molecule has 2 atom stereocenters. The minimum Gasteiger partial charge on any atom is -0.481 e. The number of carbonyl (C=O) groups is 3. The lowest BCUT2D eigenvalue weighted by Crippen LogP contribution is -2.39. The van der Waals surface area contributed by atoms with Gasteiger partial charge in [-0.15, -0.1) is 0 Å². The average Bonchev–Trinajstić information content (AvgIpc) is 3.43. The molecule has 3 aromatic rings. The molecular weight excluding hydrogens is 501 g/mol. The number of ether oxygens (including phenoxy) is 1. The smallest absolute Gasteiger partial charge is 0.481 e. The summed E-state index contributed by atoms with van der Waals surface area (Å²) in [6, 6.07) is 14.9. The molecule has 1 amide bonds. The zero-order valence-corrected chi connectivity index (χ0v) is 19.9. The Hall–Kier alpha value is -3.07. The molecular formula is C24H19Cl2NO6S. The molecule has 4 rings (SSSR count). The van der Waals surface area contributed by atoms with Gasteiger partial charge in [0.25, 0.3) is 5.91 Å². The van der Waals surface area contributed by atoms with E-state index < -0.39 is 30.0 Å². The SMILES string of the molecule is O=C(O)Oc1sc(-c2ccccc2)cc1N(C(=O)c1ccc(Cl)cc1Cl)C1CCC(C(=O)O)C1. The van der Waals surface area contributed by atoms with E-state index in [1.807, 2.05) is 30.3 Å². The van der Waals surface area contributed by atoms with Crippen LogP contribution in [-0.2, 0) is 4.79 Å². The average molecular weight is 520 g/mol. The zero-order chi connectivity index (χ0) is 24.4. The second-order valence-corrected chi connectivity index (χ2v) is 9.68. The monoisotopic (exact) mass is 519 g/mol. The number of halogens is 2. The number of thiophene rings is 1. The first-order chi connectivity index (χ1) is 16.2. The molecule has 0 saturated heterocycles. The lowest BCUT2D eigenvalue weighted by Gasteiger charge is -2.29. The summed E-state index contributed by atoms with van der Waals surface area (Å²) in [6.45, 7) is 0. The molecule has 0 bridgehead atoms. The first kappa shape index (κ1) is 24.1. The predicted octanol–water partition coefficient (Wildman–Crippen LogP) is 6.68. The maximum absolute atomic E-state index is 13.8. The Labute approximate surface area is 209 Å². The Morgan fingerprint density at radius 1 is 1.00 bits per heavy atom. The molecule has 1 fully saturated rings. The quantitative estimate of drug-likeness (QED) is 0.352. The molecule has 1 aliphatic carbocycles. The van der Waals surface area contributed by atoms with Gasteiger partial charge in [-0.25, -0.2) is 4.79 Å². The van der Waals surface area contributed by atoms with Gasteiger partial charge in [0.2, 0.25) is 5.06 Å². The largest absolute Gasteiger partial charge is 0.512 e. The van der Waals surface area contributed by atoms with E-state index in [-0.39, 0.29) is 27.8 Å². The van der Waals surface area contributed by atoms with Gasteiger partial charge in [0.15, 0.2) is 0 Å². The second kappa shape index (κ2) is 10.0. The second-order valence-electron chi connectivity index (χ2n) is 7.82. The van der Waals surface area contributed by atoms with Crippen molar-refractivity contribution in [1.29, 1.82) is 0 Å². The van der Waals surface area contributed by atoms with E-state index in [9.17, 15) is 24.6 Å². The number of benzene rings is 2. The third-order valence-electron chi connectivity index (χ3n) is 5.68. The Morgan fingerprint density at radius 3 is 2.35 bits per heavy atom. The molecule has 0 radical (unpaired) electrons. The van der Waals surface area contributed by atoms with Crippen molar-refractivity contribution in [2.75, 3.05) is 4.90 Å². The molecule has 34 heavy (non-hydrogen) atoms. The highest BCUT2D eigenvalue weighted by molar-refractivity contribution is 7.18. The van der Waals surface area contributed by atoms with Crippen LogP contribution in [0.4, 0.5) is 10.5 Å². The molecule has 2 unspecified atom stereocenters. The Kier molecular flexibility index (Phi) is 7.11. The molecule has 0 aliphatic heterocycles. The van der Waals surface area contributed by atoms with Crippen molar-refractivity contribution in [1.82, 2.24) is 0 Å². The number of carbonyl (C=O) groups excluding carboxylic acids is 1. The summed E-state index contributed by atoms with van der Waals surface area (Å²) in [7, 11) is 0. The number of hydrogen-bond acceptors (Lipinski definition) is 5. The standard InChI is InChI=1S/C24H19Cl2NO6S/c25-15-7-9-17(18(26)11-15)21(28)27(16-8-6-14(10-16)22(29)30)19-12-20(13-4-2-1-3-5-13)34-23(19)33-24(31)32/h1-5,7,9,11-12,14,16H,6,8,10H2,(H,29,30)(H,31,32). The summed E-state index contributed by atoms with van der Waals surface area (Å²) in [6.07, 6.45) is -0.482. The van der Waals surface area contributed by atoms with Gasteiger partial charge in [-0.1, -0.05) is 64.9 Å². The number of rotatable bonds is 6. The number of anilines is 1. The molecule has 0 spiro atoms. The van der Waals surface area contributed by atoms with Gasteiger partial charge in [0.1, 0.15) is 0 Å². The van der Waals surface area contributed by atoms with E-state index in [1.165, 1.54) is 23.1 Å². The van der Waals surface area contributed by atoms with Crippen molar-refractivity contribution in [3.63, 3.8) is 0 Å². The van der Waals surface area contributed by atoms with Crippen LogP contribution in [-0.4, -0.2) is 34.3 Å². The van der Waals surface area contributed by atoms with Crippen LogP contribution < -0.4 is 9.64 Å². The Balaban J connectivity index is 1.84. The molecule has 176 valence electrons. The Morgan fingerprint density at radius 2 is 1.74 bits per heavy atom. The van der Waals surface area contributed by atoms with E-state index in [0.717, 1.165) is 16.9 Å². The van der Waals surface area contributed by atoms with E-state index >= 15 is 0 Å². The summed E-state index contributed by atoms with van der Waals surface area (Å²) in [5.41, 5.74) is 1.23. The van der Waals surface area contributed by atoms with E-state index in [0.29, 0.717) is 22.7 Å². The zero-order valence-electron chi connectivity index (χ0n) is 17.6. The first-order valence-electron chi connectivity index (χ1n) is 10.4. The van der Waals surface area contributed by atoms with Gasteiger partial charge in [0.05, 0.1) is 22.2 Å². The molecule has 2 N–H and O–H groups in total. The van der Waals surface area contributed by atoms with Crippen LogP contribution in [0, 0.1) is 5.92 Å². The fraction of sp³-hybridized carbons (Fsp3) is 0.208. The van der Waals surface area contributed by atoms with Crippen molar-refractivity contribution < 1.29 is 29.3 Å². The van der Waals surface area contributed by atoms with Crippen molar-refractivity contribution in [2.45, 2.75) is 25.3 Å². The van der Waals surface area contributed by atoms with Gasteiger partial charge < -0.3 is 19.8 Å². The van der Waals surface area contributed by atoms with Gasteiger partial charge in [-0.05, 0) is 49.1 Å². The van der Waals surface area contributed by atoms with Crippen molar-refractivity contribution >= 4 is 58.3 Å². The van der Waals surface area contributed by atoms with Gasteiger partial charge in [0, 0.05) is 15.9 Å². The fourth-order valence-corrected chi connectivity index (χ4v) is 5.60. The normalized spacial score (nSPS) is 17.4. The molecule has 10 heteroatoms. The molecule has 1 heterocycles. The van der Waals surface area contributed by atoms with Gasteiger partial charge >= 0.3 is 12.1 Å². The maximum atomic E-state index is 13.8. The van der Waals surface area contributed by atoms with Crippen LogP contribution in [0.1, 0.15) is 29.6 Å². The highest BCUT2D eigenvalue weighted by atomic mass is 35.5. The van der Waals surface area contributed by atoms with Crippen molar-refractivity contribution in [3.8, 4) is 15.5 Å². The van der Waals surface area contributed by atoms with Crippen molar-refractivity contribution in [2.24, 2.45) is 5.92 Å². The van der Waals surface area contributed by atoms with Crippen LogP contribution >= 0.6 is 34.5 Å². The third kappa shape index (κ3) is 5.04. The lowest BCUT2D eigenvalue weighted by molar-refractivity contribution is -0.141. The van der Waals surface area contributed by atoms with Crippen LogP contribution in [0.5, 0.6) is 5.06 Å². The van der Waals surface area contributed by atoms with Crippen LogP contribution in [0.25, 0.3) is 10.4 Å². The topological polar surface area (TPSA) is 104 Å². The number of hydrogen-bond donors (Lipinski definition) is 2. The minimum atomic E-state index is -1.52. The summed E-state index contributed by atoms with van der Waals surface area (Å²) < 4.78 is 5.07. The number of carboxylic acids is 1. The van der Waals surface area contributed by atoms with Crippen LogP contribution in [0.15, 0.2) is 54.6 Å². The van der Waals surface area contributed by atoms with Gasteiger partial charge in [-0.2, -0.15) is 0 Å². The predicted molar refractivity (Wildman–Crippen MR) is 130 cm³/mol. The highest BCUT2D eigenvalue weighted by Gasteiger charge is 2.39.